The Morgan fingerprint density at radius 1 is 1.41 bits per heavy atom. The summed E-state index contributed by atoms with van der Waals surface area (Å²) < 4.78 is 18.5. The van der Waals surface area contributed by atoms with Crippen molar-refractivity contribution in [2.75, 3.05) is 7.11 Å². The Labute approximate surface area is 132 Å². The Bertz CT molecular complexity index is 667. The fourth-order valence-corrected chi connectivity index (χ4v) is 1.94. The predicted molar refractivity (Wildman–Crippen MR) is 83.1 cm³/mol. The first-order valence-electron chi connectivity index (χ1n) is 6.49. The summed E-state index contributed by atoms with van der Waals surface area (Å²) in [6.45, 7) is 0.311. The molecule has 0 bridgehead atoms. The fraction of sp³-hybridized carbons (Fsp3) is 0.125. The average molecular weight is 321 g/mol. The van der Waals surface area contributed by atoms with E-state index in [0.717, 1.165) is 5.56 Å². The molecule has 1 heterocycles. The molecule has 6 heteroatoms. The van der Waals surface area contributed by atoms with Gasteiger partial charge in [-0.05, 0) is 23.8 Å². The van der Waals surface area contributed by atoms with E-state index >= 15 is 0 Å². The summed E-state index contributed by atoms with van der Waals surface area (Å²) in [7, 11) is 1.53. The number of methoxy groups -OCH3 is 1. The molecule has 1 aromatic carbocycles. The van der Waals surface area contributed by atoms with Crippen LogP contribution in [0, 0.1) is 5.82 Å². The Morgan fingerprint density at radius 2 is 2.23 bits per heavy atom. The molecule has 1 amide bonds. The van der Waals surface area contributed by atoms with Crippen molar-refractivity contribution in [2.45, 2.75) is 6.54 Å². The molecule has 0 unspecified atom stereocenters. The van der Waals surface area contributed by atoms with Crippen LogP contribution in [0.3, 0.4) is 0 Å². The molecule has 0 atom stereocenters. The number of aromatic nitrogens is 1. The maximum atomic E-state index is 13.5. The number of pyridine rings is 1. The maximum Gasteiger partial charge on any atom is 0.244 e. The normalized spacial score (nSPS) is 10.7. The highest BCUT2D eigenvalue weighted by atomic mass is 35.5. The van der Waals surface area contributed by atoms with Gasteiger partial charge in [-0.25, -0.2) is 9.37 Å². The molecule has 0 aliphatic carbocycles. The van der Waals surface area contributed by atoms with E-state index in [-0.39, 0.29) is 16.5 Å². The van der Waals surface area contributed by atoms with E-state index in [1.165, 1.54) is 31.4 Å². The van der Waals surface area contributed by atoms with Crippen LogP contribution in [0.1, 0.15) is 11.1 Å². The van der Waals surface area contributed by atoms with Gasteiger partial charge in [0.2, 0.25) is 11.8 Å². The Hall–Kier alpha value is -2.40. The highest BCUT2D eigenvalue weighted by molar-refractivity contribution is 6.32. The van der Waals surface area contributed by atoms with Gasteiger partial charge in [0.1, 0.15) is 5.82 Å². The number of nitrogens with one attached hydrogen (secondary N) is 1. The summed E-state index contributed by atoms with van der Waals surface area (Å²) in [6, 6.07) is 7.85. The summed E-state index contributed by atoms with van der Waals surface area (Å²) in [5, 5.41) is 2.93. The van der Waals surface area contributed by atoms with E-state index in [0.29, 0.717) is 12.4 Å². The molecular formula is C16H14ClFN2O2. The monoisotopic (exact) mass is 320 g/mol. The molecule has 114 valence electrons. The minimum absolute atomic E-state index is 0.186. The van der Waals surface area contributed by atoms with Gasteiger partial charge in [-0.2, -0.15) is 0 Å². The highest BCUT2D eigenvalue weighted by Gasteiger charge is 2.04. The number of hydrogen-bond donors (Lipinski definition) is 1. The average Bonchev–Trinajstić information content (AvgIpc) is 2.53. The number of benzene rings is 1. The van der Waals surface area contributed by atoms with Gasteiger partial charge in [-0.15, -0.1) is 0 Å². The van der Waals surface area contributed by atoms with E-state index in [4.69, 9.17) is 16.3 Å². The van der Waals surface area contributed by atoms with Crippen LogP contribution in [0.4, 0.5) is 4.39 Å². The first kappa shape index (κ1) is 16.0. The molecule has 1 aromatic heterocycles. The second-order valence-corrected chi connectivity index (χ2v) is 4.80. The van der Waals surface area contributed by atoms with Gasteiger partial charge in [-0.3, -0.25) is 4.79 Å². The number of hydrogen-bond acceptors (Lipinski definition) is 3. The van der Waals surface area contributed by atoms with Crippen molar-refractivity contribution in [2.24, 2.45) is 0 Å². The van der Waals surface area contributed by atoms with Crippen LogP contribution in [0.5, 0.6) is 5.88 Å². The molecule has 4 nitrogen and oxygen atoms in total. The van der Waals surface area contributed by atoms with Crippen molar-refractivity contribution < 1.29 is 13.9 Å². The summed E-state index contributed by atoms with van der Waals surface area (Å²) in [4.78, 5) is 15.8. The number of halogens is 2. The number of carbonyl (C=O) groups is 1. The molecule has 0 fully saturated rings. The number of amides is 1. The minimum Gasteiger partial charge on any atom is -0.481 e. The fourth-order valence-electron chi connectivity index (χ4n) is 1.71. The second kappa shape index (κ2) is 7.56. The van der Waals surface area contributed by atoms with Gasteiger partial charge in [0.05, 0.1) is 12.1 Å². The molecule has 0 spiro atoms. The van der Waals surface area contributed by atoms with E-state index in [1.54, 1.807) is 24.4 Å². The zero-order chi connectivity index (χ0) is 15.9. The topological polar surface area (TPSA) is 51.2 Å². The lowest BCUT2D eigenvalue weighted by Gasteiger charge is -2.04. The number of ether oxygens (including phenoxy) is 1. The van der Waals surface area contributed by atoms with Gasteiger partial charge < -0.3 is 10.1 Å². The van der Waals surface area contributed by atoms with Crippen LogP contribution in [-0.2, 0) is 11.3 Å². The first-order chi connectivity index (χ1) is 10.6. The first-order valence-corrected chi connectivity index (χ1v) is 6.87. The highest BCUT2D eigenvalue weighted by Crippen LogP contribution is 2.20. The van der Waals surface area contributed by atoms with E-state index in [9.17, 15) is 9.18 Å². The van der Waals surface area contributed by atoms with Crippen molar-refractivity contribution in [3.05, 3.63) is 64.6 Å². The van der Waals surface area contributed by atoms with E-state index in [2.05, 4.69) is 10.3 Å². The Balaban J connectivity index is 1.93. The van der Waals surface area contributed by atoms with Gasteiger partial charge >= 0.3 is 0 Å². The van der Waals surface area contributed by atoms with Crippen LogP contribution < -0.4 is 10.1 Å². The molecule has 2 aromatic rings. The van der Waals surface area contributed by atoms with Crippen molar-refractivity contribution in [1.82, 2.24) is 10.3 Å². The molecule has 1 N–H and O–H groups in total. The summed E-state index contributed by atoms with van der Waals surface area (Å²) in [5.74, 6) is -0.324. The third-order valence-electron chi connectivity index (χ3n) is 2.87. The number of carbonyl (C=O) groups excluding carboxylic acids is 1. The van der Waals surface area contributed by atoms with Crippen LogP contribution in [0.25, 0.3) is 6.08 Å². The molecular weight excluding hydrogens is 307 g/mol. The van der Waals surface area contributed by atoms with Crippen molar-refractivity contribution in [1.29, 1.82) is 0 Å². The largest absolute Gasteiger partial charge is 0.481 e. The maximum absolute atomic E-state index is 13.5. The standard InChI is InChI=1S/C16H14ClFN2O2/c1-22-16-8-5-11(10-20-16)9-19-15(21)7-6-12-13(17)3-2-4-14(12)18/h2-8,10H,9H2,1H3,(H,19,21)/b7-6+. The van der Waals surface area contributed by atoms with Crippen LogP contribution >= 0.6 is 11.6 Å². The minimum atomic E-state index is -0.476. The van der Waals surface area contributed by atoms with Gasteiger partial charge in [0.25, 0.3) is 0 Å². The lowest BCUT2D eigenvalue weighted by molar-refractivity contribution is -0.116. The third-order valence-corrected chi connectivity index (χ3v) is 3.20. The Morgan fingerprint density at radius 3 is 2.86 bits per heavy atom. The third kappa shape index (κ3) is 4.30. The summed E-state index contributed by atoms with van der Waals surface area (Å²) >= 11 is 5.87. The smallest absolute Gasteiger partial charge is 0.244 e. The molecule has 2 rings (SSSR count). The Kier molecular flexibility index (Phi) is 5.49. The van der Waals surface area contributed by atoms with E-state index < -0.39 is 5.82 Å². The van der Waals surface area contributed by atoms with Gasteiger partial charge in [-0.1, -0.05) is 23.7 Å². The molecule has 0 aliphatic heterocycles. The predicted octanol–water partition coefficient (Wildman–Crippen LogP) is 3.21. The zero-order valence-electron chi connectivity index (χ0n) is 11.8. The molecule has 0 saturated heterocycles. The van der Waals surface area contributed by atoms with Gasteiger partial charge in [0, 0.05) is 30.4 Å². The quantitative estimate of drug-likeness (QED) is 0.861. The summed E-state index contributed by atoms with van der Waals surface area (Å²) in [6.07, 6.45) is 4.19. The van der Waals surface area contributed by atoms with Crippen molar-refractivity contribution in [3.63, 3.8) is 0 Å². The lowest BCUT2D eigenvalue weighted by atomic mass is 10.2. The number of rotatable bonds is 5. The van der Waals surface area contributed by atoms with Gasteiger partial charge in [0.15, 0.2) is 0 Å². The number of nitrogens with zero attached hydrogens (tertiary/aromatic N) is 1. The lowest BCUT2D eigenvalue weighted by Crippen LogP contribution is -2.20. The molecule has 0 aliphatic rings. The van der Waals surface area contributed by atoms with Crippen LogP contribution in [0.15, 0.2) is 42.6 Å². The second-order valence-electron chi connectivity index (χ2n) is 4.40. The van der Waals surface area contributed by atoms with E-state index in [1.807, 2.05) is 0 Å². The van der Waals surface area contributed by atoms with Crippen LogP contribution in [-0.4, -0.2) is 18.0 Å². The van der Waals surface area contributed by atoms with Crippen LogP contribution in [0.2, 0.25) is 5.02 Å². The SMILES string of the molecule is COc1ccc(CNC(=O)/C=C/c2c(F)cccc2Cl)cn1. The van der Waals surface area contributed by atoms with Crippen molar-refractivity contribution >= 4 is 23.6 Å². The molecule has 22 heavy (non-hydrogen) atoms. The van der Waals surface area contributed by atoms with Crippen molar-refractivity contribution in [3.8, 4) is 5.88 Å². The summed E-state index contributed by atoms with van der Waals surface area (Å²) in [5.41, 5.74) is 1.01. The molecule has 0 radical (unpaired) electrons. The zero-order valence-corrected chi connectivity index (χ0v) is 12.6. The molecule has 0 saturated carbocycles.